The van der Waals surface area contributed by atoms with Crippen LogP contribution in [-0.2, 0) is 4.79 Å². The molecule has 0 aromatic heterocycles. The maximum absolute atomic E-state index is 11.6. The molecule has 0 bridgehead atoms. The van der Waals surface area contributed by atoms with E-state index in [-0.39, 0.29) is 23.9 Å². The molecule has 0 radical (unpaired) electrons. The molecule has 3 nitrogen and oxygen atoms in total. The first kappa shape index (κ1) is 11.4. The summed E-state index contributed by atoms with van der Waals surface area (Å²) in [5.74, 6) is -0.0623. The largest absolute Gasteiger partial charge is 0.347 e. The Labute approximate surface area is 100 Å². The standard InChI is InChI=1S/C12H15ClN2O/c1-7-4-3-5-9(6-7)11-10(15-13)8(2)12(16)14-11/h3-6,8,10-11,15H,1-2H3,(H,14,16)/t8-,10?,11-/m1/s1. The first-order valence-electron chi connectivity index (χ1n) is 5.36. The number of nitrogens with one attached hydrogen (secondary N) is 2. The van der Waals surface area contributed by atoms with Gasteiger partial charge in [-0.05, 0) is 24.3 Å². The van der Waals surface area contributed by atoms with E-state index in [0.29, 0.717) is 0 Å². The Bertz CT molecular complexity index is 408. The second-order valence-corrected chi connectivity index (χ2v) is 4.54. The van der Waals surface area contributed by atoms with Crippen molar-refractivity contribution in [3.05, 3.63) is 35.4 Å². The van der Waals surface area contributed by atoms with E-state index in [1.807, 2.05) is 32.0 Å². The molecular formula is C12H15ClN2O. The predicted octanol–water partition coefficient (Wildman–Crippen LogP) is 1.91. The minimum absolute atomic E-state index is 0.0418. The smallest absolute Gasteiger partial charge is 0.225 e. The topological polar surface area (TPSA) is 41.1 Å². The van der Waals surface area contributed by atoms with Crippen LogP contribution in [0.5, 0.6) is 0 Å². The zero-order chi connectivity index (χ0) is 11.7. The van der Waals surface area contributed by atoms with Gasteiger partial charge in [0.15, 0.2) is 0 Å². The van der Waals surface area contributed by atoms with E-state index in [1.54, 1.807) is 0 Å². The van der Waals surface area contributed by atoms with Crippen LogP contribution in [0.25, 0.3) is 0 Å². The van der Waals surface area contributed by atoms with E-state index in [4.69, 9.17) is 11.8 Å². The van der Waals surface area contributed by atoms with Gasteiger partial charge in [-0.3, -0.25) is 4.79 Å². The van der Waals surface area contributed by atoms with Gasteiger partial charge >= 0.3 is 0 Å². The Morgan fingerprint density at radius 1 is 1.44 bits per heavy atom. The van der Waals surface area contributed by atoms with E-state index in [9.17, 15) is 4.79 Å². The van der Waals surface area contributed by atoms with Crippen molar-refractivity contribution >= 4 is 17.7 Å². The van der Waals surface area contributed by atoms with Gasteiger partial charge in [-0.15, -0.1) is 0 Å². The molecule has 1 fully saturated rings. The van der Waals surface area contributed by atoms with E-state index in [2.05, 4.69) is 16.2 Å². The van der Waals surface area contributed by atoms with Gasteiger partial charge in [0, 0.05) is 0 Å². The highest BCUT2D eigenvalue weighted by molar-refractivity contribution is 6.14. The van der Waals surface area contributed by atoms with Crippen LogP contribution in [0.15, 0.2) is 24.3 Å². The Morgan fingerprint density at radius 2 is 2.19 bits per heavy atom. The molecule has 0 aliphatic carbocycles. The van der Waals surface area contributed by atoms with Crippen molar-refractivity contribution in [3.8, 4) is 0 Å². The molecule has 0 saturated carbocycles. The number of carbonyl (C=O) groups is 1. The normalized spacial score (nSPS) is 29.2. The van der Waals surface area contributed by atoms with Crippen LogP contribution in [0, 0.1) is 12.8 Å². The lowest BCUT2D eigenvalue weighted by atomic mass is 9.95. The summed E-state index contributed by atoms with van der Waals surface area (Å²) in [6.45, 7) is 3.91. The summed E-state index contributed by atoms with van der Waals surface area (Å²) in [7, 11) is 0. The lowest BCUT2D eigenvalue weighted by Gasteiger charge is -2.19. The maximum Gasteiger partial charge on any atom is 0.225 e. The highest BCUT2D eigenvalue weighted by Crippen LogP contribution is 2.29. The summed E-state index contributed by atoms with van der Waals surface area (Å²) in [6, 6.07) is 8.01. The van der Waals surface area contributed by atoms with E-state index < -0.39 is 0 Å². The van der Waals surface area contributed by atoms with Crippen molar-refractivity contribution in [3.63, 3.8) is 0 Å². The summed E-state index contributed by atoms with van der Waals surface area (Å²) in [6.07, 6.45) is 0. The Balaban J connectivity index is 2.30. The van der Waals surface area contributed by atoms with Crippen LogP contribution in [-0.4, -0.2) is 11.9 Å². The van der Waals surface area contributed by atoms with Gasteiger partial charge in [-0.2, -0.15) is 0 Å². The number of halogens is 1. The number of carbonyl (C=O) groups excluding carboxylic acids is 1. The van der Waals surface area contributed by atoms with Crippen molar-refractivity contribution in [1.29, 1.82) is 0 Å². The van der Waals surface area contributed by atoms with Crippen molar-refractivity contribution in [1.82, 2.24) is 10.2 Å². The molecule has 1 heterocycles. The van der Waals surface area contributed by atoms with Crippen LogP contribution < -0.4 is 10.2 Å². The third-order valence-corrected chi connectivity index (χ3v) is 3.39. The van der Waals surface area contributed by atoms with E-state index >= 15 is 0 Å². The molecule has 86 valence electrons. The Kier molecular flexibility index (Phi) is 3.17. The summed E-state index contributed by atoms with van der Waals surface area (Å²) >= 11 is 5.71. The van der Waals surface area contributed by atoms with E-state index in [1.165, 1.54) is 5.56 Å². The van der Waals surface area contributed by atoms with E-state index in [0.717, 1.165) is 5.56 Å². The molecule has 1 aliphatic rings. The molecule has 3 atom stereocenters. The molecule has 2 N–H and O–H groups in total. The van der Waals surface area contributed by atoms with Crippen LogP contribution >= 0.6 is 11.8 Å². The van der Waals surface area contributed by atoms with Crippen molar-refractivity contribution < 1.29 is 4.79 Å². The average Bonchev–Trinajstić information content (AvgIpc) is 2.55. The SMILES string of the molecule is Cc1cccc([C@H]2NC(=O)[C@H](C)C2NCl)c1. The number of hydrogen-bond acceptors (Lipinski definition) is 2. The zero-order valence-electron chi connectivity index (χ0n) is 9.33. The molecule has 1 amide bonds. The fourth-order valence-electron chi connectivity index (χ4n) is 2.14. The van der Waals surface area contributed by atoms with Gasteiger partial charge in [0.1, 0.15) is 0 Å². The number of benzene rings is 1. The van der Waals surface area contributed by atoms with Crippen molar-refractivity contribution in [2.75, 3.05) is 0 Å². The molecule has 1 aromatic rings. The second-order valence-electron chi connectivity index (χ2n) is 4.32. The van der Waals surface area contributed by atoms with Gasteiger partial charge in [0.2, 0.25) is 5.91 Å². The van der Waals surface area contributed by atoms with Gasteiger partial charge in [0.25, 0.3) is 0 Å². The van der Waals surface area contributed by atoms with Crippen LogP contribution in [0.1, 0.15) is 24.1 Å². The Morgan fingerprint density at radius 3 is 2.81 bits per heavy atom. The third kappa shape index (κ3) is 1.93. The number of hydrogen-bond donors (Lipinski definition) is 2. The first-order valence-corrected chi connectivity index (χ1v) is 5.74. The summed E-state index contributed by atoms with van der Waals surface area (Å²) in [5.41, 5.74) is 2.27. The number of rotatable bonds is 2. The van der Waals surface area contributed by atoms with Crippen LogP contribution in [0.3, 0.4) is 0 Å². The quantitative estimate of drug-likeness (QED) is 0.773. The third-order valence-electron chi connectivity index (χ3n) is 3.14. The maximum atomic E-state index is 11.6. The summed E-state index contributed by atoms with van der Waals surface area (Å²) in [5, 5.41) is 2.96. The minimum Gasteiger partial charge on any atom is -0.347 e. The first-order chi connectivity index (χ1) is 7.63. The van der Waals surface area contributed by atoms with Gasteiger partial charge < -0.3 is 5.32 Å². The second kappa shape index (κ2) is 4.44. The molecular weight excluding hydrogens is 224 g/mol. The van der Waals surface area contributed by atoms with Gasteiger partial charge in [0.05, 0.1) is 18.0 Å². The van der Waals surface area contributed by atoms with Gasteiger partial charge in [-0.1, -0.05) is 36.8 Å². The zero-order valence-corrected chi connectivity index (χ0v) is 10.1. The van der Waals surface area contributed by atoms with Crippen LogP contribution in [0.4, 0.5) is 0 Å². The lowest BCUT2D eigenvalue weighted by molar-refractivity contribution is -0.122. The minimum atomic E-state index is -0.108. The lowest BCUT2D eigenvalue weighted by Crippen LogP contribution is -2.31. The number of aryl methyl sites for hydroxylation is 1. The van der Waals surface area contributed by atoms with Crippen molar-refractivity contribution in [2.45, 2.75) is 25.9 Å². The molecule has 4 heteroatoms. The predicted molar refractivity (Wildman–Crippen MR) is 64.0 cm³/mol. The molecule has 2 rings (SSSR count). The highest BCUT2D eigenvalue weighted by atomic mass is 35.5. The average molecular weight is 239 g/mol. The molecule has 1 aliphatic heterocycles. The molecule has 1 aromatic carbocycles. The molecule has 1 saturated heterocycles. The van der Waals surface area contributed by atoms with Crippen molar-refractivity contribution in [2.24, 2.45) is 5.92 Å². The molecule has 1 unspecified atom stereocenters. The van der Waals surface area contributed by atoms with Crippen LogP contribution in [0.2, 0.25) is 0 Å². The van der Waals surface area contributed by atoms with Gasteiger partial charge in [-0.25, -0.2) is 4.84 Å². The fraction of sp³-hybridized carbons (Fsp3) is 0.417. The molecule has 16 heavy (non-hydrogen) atoms. The fourth-order valence-corrected chi connectivity index (χ4v) is 2.45. The highest BCUT2D eigenvalue weighted by Gasteiger charge is 2.39. The summed E-state index contributed by atoms with van der Waals surface area (Å²) in [4.78, 5) is 14.3. The molecule has 0 spiro atoms. The Hall–Kier alpha value is -1.06. The monoisotopic (exact) mass is 238 g/mol. The summed E-state index contributed by atoms with van der Waals surface area (Å²) < 4.78 is 0. The number of amides is 1.